The molecule has 1 aliphatic rings. The Morgan fingerprint density at radius 1 is 1.14 bits per heavy atom. The van der Waals surface area contributed by atoms with E-state index in [1.165, 1.54) is 4.90 Å². The number of likely N-dealkylation sites (tertiary alicyclic amines) is 1. The number of benzene rings is 1. The lowest BCUT2D eigenvalue weighted by molar-refractivity contribution is -0.143. The molecule has 0 aromatic heterocycles. The van der Waals surface area contributed by atoms with Gasteiger partial charge in [0.15, 0.2) is 17.5 Å². The van der Waals surface area contributed by atoms with Crippen molar-refractivity contribution in [2.24, 2.45) is 4.99 Å². The van der Waals surface area contributed by atoms with Crippen LogP contribution in [0.4, 0.5) is 13.2 Å². The number of hydrogen-bond acceptors (Lipinski definition) is 5. The molecule has 0 amide bonds. The summed E-state index contributed by atoms with van der Waals surface area (Å²) in [6.07, 6.45) is -3.56. The lowest BCUT2D eigenvalue weighted by Gasteiger charge is -2.20. The van der Waals surface area contributed by atoms with E-state index in [4.69, 9.17) is 14.2 Å². The zero-order valence-corrected chi connectivity index (χ0v) is 16.5. The highest BCUT2D eigenvalue weighted by Gasteiger charge is 2.34. The van der Waals surface area contributed by atoms with E-state index in [1.807, 2.05) is 0 Å². The Bertz CT molecular complexity index is 683. The minimum atomic E-state index is -4.18. The van der Waals surface area contributed by atoms with Gasteiger partial charge in [-0.3, -0.25) is 9.89 Å². The van der Waals surface area contributed by atoms with Crippen molar-refractivity contribution in [3.63, 3.8) is 0 Å². The molecule has 0 saturated carbocycles. The first-order valence-corrected chi connectivity index (χ1v) is 8.84. The van der Waals surface area contributed by atoms with Crippen molar-refractivity contribution in [1.82, 2.24) is 15.5 Å². The van der Waals surface area contributed by atoms with Crippen LogP contribution >= 0.6 is 0 Å². The molecule has 28 heavy (non-hydrogen) atoms. The van der Waals surface area contributed by atoms with Crippen molar-refractivity contribution in [2.45, 2.75) is 25.2 Å². The van der Waals surface area contributed by atoms with Gasteiger partial charge < -0.3 is 24.8 Å². The highest BCUT2D eigenvalue weighted by molar-refractivity contribution is 5.80. The number of ether oxygens (including phenoxy) is 3. The monoisotopic (exact) mass is 404 g/mol. The van der Waals surface area contributed by atoms with Gasteiger partial charge in [-0.1, -0.05) is 0 Å². The second-order valence-corrected chi connectivity index (χ2v) is 6.43. The molecule has 0 bridgehead atoms. The summed E-state index contributed by atoms with van der Waals surface area (Å²) in [4.78, 5) is 5.55. The molecule has 1 unspecified atom stereocenters. The molecular weight excluding hydrogens is 377 g/mol. The second kappa shape index (κ2) is 9.72. The van der Waals surface area contributed by atoms with E-state index in [9.17, 15) is 13.2 Å². The van der Waals surface area contributed by atoms with Gasteiger partial charge in [0.05, 0.1) is 27.9 Å². The maximum atomic E-state index is 12.5. The van der Waals surface area contributed by atoms with Crippen LogP contribution in [0.1, 0.15) is 12.0 Å². The number of hydrogen-bond donors (Lipinski definition) is 2. The third-order valence-electron chi connectivity index (χ3n) is 4.47. The normalized spacial score (nSPS) is 18.1. The molecule has 1 aromatic carbocycles. The molecule has 1 atom stereocenters. The van der Waals surface area contributed by atoms with Crippen LogP contribution in [0, 0.1) is 0 Å². The summed E-state index contributed by atoms with van der Waals surface area (Å²) in [6, 6.07) is 3.44. The molecular formula is C18H27F3N4O3. The maximum Gasteiger partial charge on any atom is 0.401 e. The van der Waals surface area contributed by atoms with Crippen molar-refractivity contribution in [3.05, 3.63) is 17.7 Å². The second-order valence-electron chi connectivity index (χ2n) is 6.43. The van der Waals surface area contributed by atoms with Gasteiger partial charge in [-0.05, 0) is 12.5 Å². The van der Waals surface area contributed by atoms with Crippen LogP contribution in [-0.4, -0.2) is 71.1 Å². The SMILES string of the molecule is CN=C(NCc1cc(OC)c(OC)cc1OC)NC1CCN(CC(F)(F)F)C1. The average molecular weight is 404 g/mol. The fourth-order valence-electron chi connectivity index (χ4n) is 3.15. The van der Waals surface area contributed by atoms with Crippen LogP contribution in [0.2, 0.25) is 0 Å². The lowest BCUT2D eigenvalue weighted by Crippen LogP contribution is -2.44. The first kappa shape index (κ1) is 21.9. The molecule has 158 valence electrons. The molecule has 0 aliphatic carbocycles. The highest BCUT2D eigenvalue weighted by atomic mass is 19.4. The fourth-order valence-corrected chi connectivity index (χ4v) is 3.15. The Morgan fingerprint density at radius 3 is 2.36 bits per heavy atom. The molecule has 2 N–H and O–H groups in total. The van der Waals surface area contributed by atoms with Gasteiger partial charge in [0, 0.05) is 44.4 Å². The van der Waals surface area contributed by atoms with Crippen molar-refractivity contribution >= 4 is 5.96 Å². The summed E-state index contributed by atoms with van der Waals surface area (Å²) in [6.45, 7) is 0.222. The molecule has 1 aromatic rings. The zero-order valence-electron chi connectivity index (χ0n) is 16.5. The predicted octanol–water partition coefficient (Wildman–Crippen LogP) is 2.01. The standard InChI is InChI=1S/C18H27F3N4O3/c1-22-17(24-13-5-6-25(10-13)11-18(19,20)21)23-9-12-7-15(27-3)16(28-4)8-14(12)26-2/h7-8,13H,5-6,9-11H2,1-4H3,(H2,22,23,24). The predicted molar refractivity (Wildman–Crippen MR) is 100 cm³/mol. The Hall–Kier alpha value is -2.36. The summed E-state index contributed by atoms with van der Waals surface area (Å²) in [5.41, 5.74) is 0.827. The van der Waals surface area contributed by atoms with E-state index in [2.05, 4.69) is 15.6 Å². The number of guanidine groups is 1. The number of alkyl halides is 3. The Kier molecular flexibility index (Phi) is 7.61. The van der Waals surface area contributed by atoms with Crippen molar-refractivity contribution in [2.75, 3.05) is 48.0 Å². The number of nitrogens with one attached hydrogen (secondary N) is 2. The van der Waals surface area contributed by atoms with E-state index in [0.717, 1.165) is 5.56 Å². The minimum Gasteiger partial charge on any atom is -0.496 e. The topological polar surface area (TPSA) is 67.4 Å². The van der Waals surface area contributed by atoms with E-state index in [-0.39, 0.29) is 6.04 Å². The van der Waals surface area contributed by atoms with E-state index < -0.39 is 12.7 Å². The summed E-state index contributed by atoms with van der Waals surface area (Å²) in [5.74, 6) is 2.26. The molecule has 1 aliphatic heterocycles. The van der Waals surface area contributed by atoms with Gasteiger partial charge in [0.2, 0.25) is 0 Å². The molecule has 0 spiro atoms. The third-order valence-corrected chi connectivity index (χ3v) is 4.47. The smallest absolute Gasteiger partial charge is 0.401 e. The molecule has 2 rings (SSSR count). The summed E-state index contributed by atoms with van der Waals surface area (Å²) >= 11 is 0. The fraction of sp³-hybridized carbons (Fsp3) is 0.611. The zero-order chi connectivity index (χ0) is 20.7. The molecule has 1 saturated heterocycles. The van der Waals surface area contributed by atoms with Gasteiger partial charge in [-0.15, -0.1) is 0 Å². The number of halogens is 3. The maximum absolute atomic E-state index is 12.5. The Labute approximate surface area is 162 Å². The summed E-state index contributed by atoms with van der Waals surface area (Å²) < 4.78 is 53.6. The first-order valence-electron chi connectivity index (χ1n) is 8.84. The lowest BCUT2D eigenvalue weighted by atomic mass is 10.1. The molecule has 10 heteroatoms. The summed E-state index contributed by atoms with van der Waals surface area (Å²) in [5, 5.41) is 6.33. The third kappa shape index (κ3) is 6.08. The van der Waals surface area contributed by atoms with E-state index in [0.29, 0.717) is 49.3 Å². The van der Waals surface area contributed by atoms with Gasteiger partial charge in [-0.2, -0.15) is 13.2 Å². The number of nitrogens with zero attached hydrogens (tertiary/aromatic N) is 2. The van der Waals surface area contributed by atoms with Crippen molar-refractivity contribution < 1.29 is 27.4 Å². The van der Waals surface area contributed by atoms with Crippen LogP contribution in [-0.2, 0) is 6.54 Å². The van der Waals surface area contributed by atoms with Crippen LogP contribution < -0.4 is 24.8 Å². The number of methoxy groups -OCH3 is 3. The number of rotatable bonds is 7. The minimum absolute atomic E-state index is 0.0964. The van der Waals surface area contributed by atoms with Gasteiger partial charge >= 0.3 is 6.18 Å². The Balaban J connectivity index is 1.96. The van der Waals surface area contributed by atoms with Gasteiger partial charge in [0.25, 0.3) is 0 Å². The van der Waals surface area contributed by atoms with Crippen LogP contribution in [0.3, 0.4) is 0 Å². The highest BCUT2D eigenvalue weighted by Crippen LogP contribution is 2.34. The van der Waals surface area contributed by atoms with Crippen LogP contribution in [0.15, 0.2) is 17.1 Å². The van der Waals surface area contributed by atoms with Gasteiger partial charge in [-0.25, -0.2) is 0 Å². The average Bonchev–Trinajstić information content (AvgIpc) is 3.09. The molecule has 7 nitrogen and oxygen atoms in total. The quantitative estimate of drug-likeness (QED) is 0.535. The van der Waals surface area contributed by atoms with Crippen LogP contribution in [0.5, 0.6) is 17.2 Å². The van der Waals surface area contributed by atoms with Crippen molar-refractivity contribution in [3.8, 4) is 17.2 Å². The molecule has 1 fully saturated rings. The van der Waals surface area contributed by atoms with Crippen molar-refractivity contribution in [1.29, 1.82) is 0 Å². The van der Waals surface area contributed by atoms with Gasteiger partial charge in [0.1, 0.15) is 5.75 Å². The largest absolute Gasteiger partial charge is 0.496 e. The van der Waals surface area contributed by atoms with Crippen LogP contribution in [0.25, 0.3) is 0 Å². The summed E-state index contributed by atoms with van der Waals surface area (Å²) in [7, 11) is 6.27. The Morgan fingerprint density at radius 2 is 1.79 bits per heavy atom. The molecule has 1 heterocycles. The first-order chi connectivity index (χ1) is 13.3. The molecule has 0 radical (unpaired) electrons. The number of aliphatic imine (C=N–C) groups is 1. The van der Waals surface area contributed by atoms with E-state index in [1.54, 1.807) is 40.5 Å². The van der Waals surface area contributed by atoms with E-state index >= 15 is 0 Å².